The van der Waals surface area contributed by atoms with Gasteiger partial charge in [-0.05, 0) is 20.0 Å². The van der Waals surface area contributed by atoms with Crippen LogP contribution in [0.2, 0.25) is 0 Å². The highest BCUT2D eigenvalue weighted by atomic mass is 16.4. The molecule has 0 aromatic carbocycles. The van der Waals surface area contributed by atoms with E-state index in [0.717, 1.165) is 26.2 Å². The van der Waals surface area contributed by atoms with Crippen LogP contribution in [0.25, 0.3) is 22.2 Å². The van der Waals surface area contributed by atoms with Gasteiger partial charge in [-0.25, -0.2) is 9.78 Å². The van der Waals surface area contributed by atoms with Gasteiger partial charge in [0.15, 0.2) is 5.65 Å². The van der Waals surface area contributed by atoms with Crippen LogP contribution < -0.4 is 16.1 Å². The quantitative estimate of drug-likeness (QED) is 0.678. The van der Waals surface area contributed by atoms with E-state index in [1.54, 1.807) is 6.92 Å². The van der Waals surface area contributed by atoms with E-state index in [2.05, 4.69) is 19.9 Å². The van der Waals surface area contributed by atoms with Crippen LogP contribution in [0.5, 0.6) is 5.75 Å². The van der Waals surface area contributed by atoms with Crippen LogP contribution in [0, 0.1) is 6.92 Å². The average molecular weight is 369 g/mol. The fourth-order valence-corrected chi connectivity index (χ4v) is 3.27. The molecule has 27 heavy (non-hydrogen) atoms. The van der Waals surface area contributed by atoms with Gasteiger partial charge in [0.1, 0.15) is 17.1 Å². The van der Waals surface area contributed by atoms with Gasteiger partial charge in [-0.15, -0.1) is 0 Å². The Labute approximate surface area is 153 Å². The SMILES string of the molecule is Cc1cc(O)c(-c2ccnc3nc(N4CCN(C)CC4)[nH]c(=O)c23)c(=O)o1. The van der Waals surface area contributed by atoms with Crippen molar-refractivity contribution < 1.29 is 9.52 Å². The van der Waals surface area contributed by atoms with Gasteiger partial charge in [-0.2, -0.15) is 4.98 Å². The Hall–Kier alpha value is -3.20. The molecular formula is C18H19N5O4. The summed E-state index contributed by atoms with van der Waals surface area (Å²) in [7, 11) is 2.04. The topological polar surface area (TPSA) is 116 Å². The van der Waals surface area contributed by atoms with Gasteiger partial charge < -0.3 is 19.3 Å². The number of likely N-dealkylation sites (N-methyl/N-ethyl adjacent to an activating group) is 1. The zero-order chi connectivity index (χ0) is 19.1. The molecule has 3 aromatic heterocycles. The molecule has 3 aromatic rings. The molecule has 0 spiro atoms. The first-order chi connectivity index (χ1) is 12.9. The molecule has 0 aliphatic carbocycles. The standard InChI is InChI=1S/C18H19N5O4/c1-10-9-12(24)13(17(26)27-10)11-3-4-19-15-14(11)16(25)21-18(20-15)23-7-5-22(2)6-8-23/h3-4,9,24H,5-8H2,1-2H3,(H,19,20,21,25). The maximum absolute atomic E-state index is 12.8. The minimum atomic E-state index is -0.720. The summed E-state index contributed by atoms with van der Waals surface area (Å²) in [5.41, 5.74) is -0.763. The largest absolute Gasteiger partial charge is 0.507 e. The predicted molar refractivity (Wildman–Crippen MR) is 100 cm³/mol. The number of hydrogen-bond acceptors (Lipinski definition) is 8. The highest BCUT2D eigenvalue weighted by Crippen LogP contribution is 2.30. The summed E-state index contributed by atoms with van der Waals surface area (Å²) in [5.74, 6) is 0.480. The highest BCUT2D eigenvalue weighted by Gasteiger charge is 2.21. The number of nitrogens with one attached hydrogen (secondary N) is 1. The number of aryl methyl sites for hydroxylation is 1. The van der Waals surface area contributed by atoms with Crippen LogP contribution in [0.1, 0.15) is 5.76 Å². The van der Waals surface area contributed by atoms with Crippen LogP contribution in [-0.4, -0.2) is 58.2 Å². The van der Waals surface area contributed by atoms with E-state index in [9.17, 15) is 14.7 Å². The maximum Gasteiger partial charge on any atom is 0.347 e. The van der Waals surface area contributed by atoms with Crippen LogP contribution >= 0.6 is 0 Å². The third-order valence-corrected chi connectivity index (χ3v) is 4.72. The highest BCUT2D eigenvalue weighted by molar-refractivity contribution is 5.93. The number of anilines is 1. The van der Waals surface area contributed by atoms with E-state index in [0.29, 0.717) is 5.95 Å². The summed E-state index contributed by atoms with van der Waals surface area (Å²) in [4.78, 5) is 40.7. The van der Waals surface area contributed by atoms with Crippen LogP contribution in [-0.2, 0) is 0 Å². The number of rotatable bonds is 2. The second-order valence-electron chi connectivity index (χ2n) is 6.64. The third kappa shape index (κ3) is 3.06. The van der Waals surface area contributed by atoms with Gasteiger partial charge >= 0.3 is 5.63 Å². The number of fused-ring (bicyclic) bond motifs is 1. The molecule has 1 aliphatic heterocycles. The first kappa shape index (κ1) is 17.2. The maximum atomic E-state index is 12.8. The Morgan fingerprint density at radius 3 is 2.67 bits per heavy atom. The molecule has 0 atom stereocenters. The number of aromatic nitrogens is 3. The molecule has 1 fully saturated rings. The van der Waals surface area contributed by atoms with Crippen LogP contribution in [0.4, 0.5) is 5.95 Å². The summed E-state index contributed by atoms with van der Waals surface area (Å²) in [6.45, 7) is 4.78. The Morgan fingerprint density at radius 2 is 1.96 bits per heavy atom. The average Bonchev–Trinajstić information content (AvgIpc) is 2.61. The lowest BCUT2D eigenvalue weighted by Crippen LogP contribution is -2.45. The minimum absolute atomic E-state index is 0.0763. The molecule has 9 heteroatoms. The second-order valence-corrected chi connectivity index (χ2v) is 6.64. The summed E-state index contributed by atoms with van der Waals surface area (Å²) < 4.78 is 5.08. The van der Waals surface area contributed by atoms with Gasteiger partial charge in [0.05, 0.1) is 5.39 Å². The first-order valence-electron chi connectivity index (χ1n) is 8.60. The second kappa shape index (κ2) is 6.51. The first-order valence-corrected chi connectivity index (χ1v) is 8.60. The van der Waals surface area contributed by atoms with Crippen LogP contribution in [0.3, 0.4) is 0 Å². The summed E-state index contributed by atoms with van der Waals surface area (Å²) in [5, 5.41) is 10.4. The summed E-state index contributed by atoms with van der Waals surface area (Å²) in [6.07, 6.45) is 1.45. The van der Waals surface area contributed by atoms with E-state index >= 15 is 0 Å². The lowest BCUT2D eigenvalue weighted by molar-refractivity contribution is 0.311. The normalized spacial score (nSPS) is 15.4. The molecule has 4 rings (SSSR count). The Balaban J connectivity index is 1.88. The van der Waals surface area contributed by atoms with Gasteiger partial charge in [0, 0.05) is 44.0 Å². The van der Waals surface area contributed by atoms with Gasteiger partial charge in [-0.3, -0.25) is 9.78 Å². The Morgan fingerprint density at radius 1 is 1.22 bits per heavy atom. The fraction of sp³-hybridized carbons (Fsp3) is 0.333. The van der Waals surface area contributed by atoms with Gasteiger partial charge in [-0.1, -0.05) is 0 Å². The van der Waals surface area contributed by atoms with E-state index in [1.807, 2.05) is 11.9 Å². The zero-order valence-corrected chi connectivity index (χ0v) is 15.0. The van der Waals surface area contributed by atoms with E-state index in [1.165, 1.54) is 18.3 Å². The minimum Gasteiger partial charge on any atom is -0.507 e. The van der Waals surface area contributed by atoms with Crippen molar-refractivity contribution in [3.8, 4) is 16.9 Å². The molecule has 2 N–H and O–H groups in total. The van der Waals surface area contributed by atoms with Crippen molar-refractivity contribution in [1.82, 2.24) is 19.9 Å². The number of aromatic hydroxyl groups is 1. The van der Waals surface area contributed by atoms with Crippen molar-refractivity contribution >= 4 is 17.0 Å². The molecule has 1 saturated heterocycles. The molecule has 0 unspecified atom stereocenters. The number of hydrogen-bond donors (Lipinski definition) is 2. The monoisotopic (exact) mass is 369 g/mol. The summed E-state index contributed by atoms with van der Waals surface area (Å²) >= 11 is 0. The number of nitrogens with zero attached hydrogens (tertiary/aromatic N) is 4. The van der Waals surface area contributed by atoms with Gasteiger partial charge in [0.2, 0.25) is 5.95 Å². The smallest absolute Gasteiger partial charge is 0.347 e. The zero-order valence-electron chi connectivity index (χ0n) is 15.0. The number of piperazine rings is 1. The number of aromatic amines is 1. The van der Waals surface area contributed by atoms with Crippen molar-refractivity contribution in [3.63, 3.8) is 0 Å². The van der Waals surface area contributed by atoms with Crippen molar-refractivity contribution in [3.05, 3.63) is 44.9 Å². The molecule has 9 nitrogen and oxygen atoms in total. The van der Waals surface area contributed by atoms with E-state index in [4.69, 9.17) is 4.42 Å². The predicted octanol–water partition coefficient (Wildman–Crippen LogP) is 0.704. The lowest BCUT2D eigenvalue weighted by atomic mass is 10.0. The van der Waals surface area contributed by atoms with E-state index < -0.39 is 11.2 Å². The van der Waals surface area contributed by atoms with Crippen molar-refractivity contribution in [2.45, 2.75) is 6.92 Å². The molecule has 0 radical (unpaired) electrons. The molecule has 140 valence electrons. The third-order valence-electron chi connectivity index (χ3n) is 4.72. The van der Waals surface area contributed by atoms with Crippen molar-refractivity contribution in [2.75, 3.05) is 38.1 Å². The molecule has 0 amide bonds. The molecule has 0 bridgehead atoms. The Kier molecular flexibility index (Phi) is 4.15. The molecule has 4 heterocycles. The van der Waals surface area contributed by atoms with Gasteiger partial charge in [0.25, 0.3) is 5.56 Å². The number of pyridine rings is 1. The van der Waals surface area contributed by atoms with E-state index in [-0.39, 0.29) is 33.7 Å². The Bertz CT molecular complexity index is 1130. The fourth-order valence-electron chi connectivity index (χ4n) is 3.27. The van der Waals surface area contributed by atoms with Crippen molar-refractivity contribution in [2.24, 2.45) is 0 Å². The molecule has 0 saturated carbocycles. The molecule has 1 aliphatic rings. The lowest BCUT2D eigenvalue weighted by Gasteiger charge is -2.32. The molecular weight excluding hydrogens is 350 g/mol. The summed E-state index contributed by atoms with van der Waals surface area (Å²) in [6, 6.07) is 2.83. The van der Waals surface area contributed by atoms with Crippen molar-refractivity contribution in [1.29, 1.82) is 0 Å². The van der Waals surface area contributed by atoms with Crippen LogP contribution in [0.15, 0.2) is 32.3 Å². The number of H-pyrrole nitrogens is 1.